The fraction of sp³-hybridized carbons (Fsp3) is 0.107. The van der Waals surface area contributed by atoms with Gasteiger partial charge in [-0.25, -0.2) is 14.4 Å². The molecular weight excluding hydrogens is 493 g/mol. The van der Waals surface area contributed by atoms with E-state index >= 15 is 0 Å². The van der Waals surface area contributed by atoms with E-state index in [1.807, 2.05) is 48.9 Å². The molecule has 2 aromatic carbocycles. The lowest BCUT2D eigenvalue weighted by Gasteiger charge is -2.15. The quantitative estimate of drug-likeness (QED) is 0.261. The Kier molecular flexibility index (Phi) is 6.50. The Morgan fingerprint density at radius 3 is 2.54 bits per heavy atom. The number of halogens is 2. The number of nitrogens with two attached hydrogens (primary N) is 1. The van der Waals surface area contributed by atoms with Crippen LogP contribution in [0.15, 0.2) is 78.0 Å². The lowest BCUT2D eigenvalue weighted by molar-refractivity contribution is 0.442. The van der Waals surface area contributed by atoms with Crippen molar-refractivity contribution in [3.8, 4) is 22.6 Å². The SMILES string of the molecule is CCn1cc(-c2ccc(C)cc2)c(=O)c2c(Nc3ccc(Oc4ccnc(N)c4Cl)c(F)c3)nccc21. The number of nitrogen functional groups attached to an aromatic ring is 1. The van der Waals surface area contributed by atoms with E-state index in [0.717, 1.165) is 16.6 Å². The molecule has 0 radical (unpaired) electrons. The average Bonchev–Trinajstić information content (AvgIpc) is 2.89. The number of aryl methyl sites for hydroxylation is 2. The van der Waals surface area contributed by atoms with E-state index in [1.54, 1.807) is 18.3 Å². The Morgan fingerprint density at radius 1 is 1.05 bits per heavy atom. The van der Waals surface area contributed by atoms with Gasteiger partial charge in [0.15, 0.2) is 17.3 Å². The molecule has 0 aliphatic carbocycles. The van der Waals surface area contributed by atoms with Gasteiger partial charge in [0.1, 0.15) is 16.7 Å². The van der Waals surface area contributed by atoms with Crippen molar-refractivity contribution in [2.75, 3.05) is 11.1 Å². The second kappa shape index (κ2) is 9.91. The molecular formula is C28H23ClFN5O2. The summed E-state index contributed by atoms with van der Waals surface area (Å²) >= 11 is 6.11. The number of hydrogen-bond acceptors (Lipinski definition) is 6. The van der Waals surface area contributed by atoms with Gasteiger partial charge >= 0.3 is 0 Å². The zero-order valence-electron chi connectivity index (χ0n) is 20.1. The smallest absolute Gasteiger partial charge is 0.200 e. The van der Waals surface area contributed by atoms with Gasteiger partial charge in [0.05, 0.1) is 10.9 Å². The second-order valence-electron chi connectivity index (χ2n) is 8.46. The van der Waals surface area contributed by atoms with Gasteiger partial charge < -0.3 is 20.4 Å². The largest absolute Gasteiger partial charge is 0.453 e. The van der Waals surface area contributed by atoms with E-state index in [2.05, 4.69) is 15.3 Å². The van der Waals surface area contributed by atoms with Crippen molar-refractivity contribution in [2.45, 2.75) is 20.4 Å². The van der Waals surface area contributed by atoms with E-state index < -0.39 is 5.82 Å². The van der Waals surface area contributed by atoms with E-state index in [9.17, 15) is 9.18 Å². The molecule has 0 saturated heterocycles. The normalized spacial score (nSPS) is 11.0. The Balaban J connectivity index is 1.54. The van der Waals surface area contributed by atoms with Crippen molar-refractivity contribution < 1.29 is 9.13 Å². The summed E-state index contributed by atoms with van der Waals surface area (Å²) < 4.78 is 22.6. The van der Waals surface area contributed by atoms with Gasteiger partial charge in [0.25, 0.3) is 0 Å². The maximum absolute atomic E-state index is 15.0. The highest BCUT2D eigenvalue weighted by Crippen LogP contribution is 2.34. The first-order valence-corrected chi connectivity index (χ1v) is 12.0. The van der Waals surface area contributed by atoms with E-state index in [0.29, 0.717) is 29.0 Å². The van der Waals surface area contributed by atoms with Crippen LogP contribution < -0.4 is 21.2 Å². The molecule has 0 bridgehead atoms. The number of rotatable bonds is 6. The molecule has 0 amide bonds. The number of nitrogens with zero attached hydrogens (tertiary/aromatic N) is 3. The number of hydrogen-bond donors (Lipinski definition) is 2. The molecule has 0 unspecified atom stereocenters. The van der Waals surface area contributed by atoms with Gasteiger partial charge in [0.2, 0.25) is 5.43 Å². The number of nitrogens with one attached hydrogen (secondary N) is 1. The van der Waals surface area contributed by atoms with Gasteiger partial charge in [-0.15, -0.1) is 0 Å². The molecule has 0 aliphatic rings. The molecule has 5 rings (SSSR count). The Labute approximate surface area is 217 Å². The fourth-order valence-electron chi connectivity index (χ4n) is 4.07. The molecule has 0 saturated carbocycles. The molecule has 0 spiro atoms. The first-order valence-electron chi connectivity index (χ1n) is 11.6. The highest BCUT2D eigenvalue weighted by Gasteiger charge is 2.16. The summed E-state index contributed by atoms with van der Waals surface area (Å²) in [5.41, 5.74) is 9.14. The van der Waals surface area contributed by atoms with Crippen LogP contribution in [-0.4, -0.2) is 14.5 Å². The van der Waals surface area contributed by atoms with Crippen LogP contribution >= 0.6 is 11.6 Å². The number of fused-ring (bicyclic) bond motifs is 1. The number of aromatic nitrogens is 3. The average molecular weight is 516 g/mol. The first-order chi connectivity index (χ1) is 17.9. The fourth-order valence-corrected chi connectivity index (χ4v) is 4.22. The van der Waals surface area contributed by atoms with Crippen LogP contribution in [0.5, 0.6) is 11.5 Å². The van der Waals surface area contributed by atoms with Crippen LogP contribution in [0.25, 0.3) is 22.0 Å². The number of benzene rings is 2. The molecule has 3 heterocycles. The molecule has 7 nitrogen and oxygen atoms in total. The lowest BCUT2D eigenvalue weighted by atomic mass is 10.0. The number of ether oxygens (including phenoxy) is 1. The van der Waals surface area contributed by atoms with Crippen LogP contribution in [0.4, 0.5) is 21.7 Å². The van der Waals surface area contributed by atoms with Gasteiger partial charge in [-0.05, 0) is 37.6 Å². The zero-order chi connectivity index (χ0) is 26.1. The lowest BCUT2D eigenvalue weighted by Crippen LogP contribution is -2.14. The summed E-state index contributed by atoms with van der Waals surface area (Å²) in [5, 5.41) is 3.62. The van der Waals surface area contributed by atoms with Gasteiger partial charge in [-0.2, -0.15) is 0 Å². The molecule has 37 heavy (non-hydrogen) atoms. The summed E-state index contributed by atoms with van der Waals surface area (Å²) in [6.45, 7) is 4.66. The van der Waals surface area contributed by atoms with Crippen LogP contribution in [0, 0.1) is 12.7 Å². The van der Waals surface area contributed by atoms with Crippen molar-refractivity contribution in [3.63, 3.8) is 0 Å². The summed E-state index contributed by atoms with van der Waals surface area (Å²) in [4.78, 5) is 21.9. The molecule has 0 aliphatic heterocycles. The topological polar surface area (TPSA) is 95.1 Å². The standard InChI is InChI=1S/C28H23ClFN5O2/c1-3-35-15-19(17-6-4-16(2)5-7-17)26(36)24-21(35)10-12-33-28(24)34-18-8-9-22(20(30)14-18)37-23-11-13-32-27(31)25(23)29/h4-15H,3H2,1-2H3,(H2,31,32)(H,33,34). The van der Waals surface area contributed by atoms with Gasteiger partial charge in [-0.1, -0.05) is 41.4 Å². The molecule has 3 N–H and O–H groups in total. The van der Waals surface area contributed by atoms with Crippen molar-refractivity contribution in [2.24, 2.45) is 0 Å². The molecule has 5 aromatic rings. The summed E-state index contributed by atoms with van der Waals surface area (Å²) in [6.07, 6.45) is 4.90. The van der Waals surface area contributed by atoms with Crippen LogP contribution in [0.2, 0.25) is 5.02 Å². The third-order valence-corrected chi connectivity index (χ3v) is 6.37. The third-order valence-electron chi connectivity index (χ3n) is 5.99. The Bertz CT molecular complexity index is 1690. The first kappa shape index (κ1) is 24.3. The van der Waals surface area contributed by atoms with Gasteiger partial charge in [-0.3, -0.25) is 4.79 Å². The van der Waals surface area contributed by atoms with Crippen molar-refractivity contribution in [1.82, 2.24) is 14.5 Å². The maximum atomic E-state index is 15.0. The number of anilines is 3. The molecule has 3 aromatic heterocycles. The molecule has 0 atom stereocenters. The third kappa shape index (κ3) is 4.71. The predicted molar refractivity (Wildman–Crippen MR) is 145 cm³/mol. The molecule has 186 valence electrons. The van der Waals surface area contributed by atoms with Gasteiger partial charge in [0, 0.05) is 48.5 Å². The Hall–Kier alpha value is -4.43. The van der Waals surface area contributed by atoms with Crippen LogP contribution in [-0.2, 0) is 6.54 Å². The van der Waals surface area contributed by atoms with E-state index in [4.69, 9.17) is 22.1 Å². The van der Waals surface area contributed by atoms with Crippen LogP contribution in [0.3, 0.4) is 0 Å². The van der Waals surface area contributed by atoms with Crippen molar-refractivity contribution >= 4 is 39.8 Å². The van der Waals surface area contributed by atoms with Crippen LogP contribution in [0.1, 0.15) is 12.5 Å². The summed E-state index contributed by atoms with van der Waals surface area (Å²) in [6, 6.07) is 15.4. The minimum Gasteiger partial charge on any atom is -0.453 e. The molecule has 9 heteroatoms. The number of pyridine rings is 3. The summed E-state index contributed by atoms with van der Waals surface area (Å²) in [5.74, 6) is -0.0745. The minimum absolute atomic E-state index is 0.0427. The maximum Gasteiger partial charge on any atom is 0.200 e. The highest BCUT2D eigenvalue weighted by atomic mass is 35.5. The molecule has 0 fully saturated rings. The second-order valence-corrected chi connectivity index (χ2v) is 8.84. The zero-order valence-corrected chi connectivity index (χ0v) is 20.9. The van der Waals surface area contributed by atoms with E-state index in [1.165, 1.54) is 24.4 Å². The highest BCUT2D eigenvalue weighted by molar-refractivity contribution is 6.34. The minimum atomic E-state index is -0.636. The predicted octanol–water partition coefficient (Wildman–Crippen LogP) is 6.70. The Morgan fingerprint density at radius 2 is 1.81 bits per heavy atom. The summed E-state index contributed by atoms with van der Waals surface area (Å²) in [7, 11) is 0. The van der Waals surface area contributed by atoms with E-state index in [-0.39, 0.29) is 27.8 Å². The monoisotopic (exact) mass is 515 g/mol. The van der Waals surface area contributed by atoms with Crippen molar-refractivity contribution in [3.05, 3.63) is 99.8 Å². The van der Waals surface area contributed by atoms with Crippen molar-refractivity contribution in [1.29, 1.82) is 0 Å².